The van der Waals surface area contributed by atoms with Gasteiger partial charge in [0.25, 0.3) is 0 Å². The summed E-state index contributed by atoms with van der Waals surface area (Å²) in [5, 5.41) is 0.742. The van der Waals surface area contributed by atoms with E-state index in [4.69, 9.17) is 23.6 Å². The molecule has 0 bridgehead atoms. The molecule has 5 heteroatoms. The Morgan fingerprint density at radius 2 is 1.56 bits per heavy atom. The Hall–Kier alpha value is -3.83. The van der Waals surface area contributed by atoms with E-state index in [0.717, 1.165) is 23.5 Å². The minimum atomic E-state index is -2.86. The number of furan rings is 1. The molecule has 0 aliphatic heterocycles. The van der Waals surface area contributed by atoms with Crippen molar-refractivity contribution in [2.45, 2.75) is 37.8 Å². The molecule has 0 atom stereocenters. The van der Waals surface area contributed by atoms with Crippen molar-refractivity contribution in [1.82, 2.24) is 9.97 Å². The van der Waals surface area contributed by atoms with Gasteiger partial charge < -0.3 is 9.40 Å². The van der Waals surface area contributed by atoms with Gasteiger partial charge >= 0.3 is 99.8 Å². The molecule has 0 saturated carbocycles. The van der Waals surface area contributed by atoms with Gasteiger partial charge in [0.1, 0.15) is 5.58 Å². The molecule has 227 valence electrons. The van der Waals surface area contributed by atoms with Crippen LogP contribution in [0.2, 0.25) is 17.3 Å². The molecule has 1 radical (unpaired) electrons. The molecule has 3 nitrogen and oxygen atoms in total. The first-order chi connectivity index (χ1) is 26.9. The maximum Gasteiger partial charge on any atom is 0 e. The van der Waals surface area contributed by atoms with Crippen molar-refractivity contribution >= 4 is 39.6 Å². The molecule has 3 aromatic heterocycles. The number of aromatic nitrogens is 2. The molecule has 7 rings (SSSR count). The quantitative estimate of drug-likeness (QED) is 0.131. The van der Waals surface area contributed by atoms with E-state index < -0.39 is 75.2 Å². The van der Waals surface area contributed by atoms with E-state index >= 15 is 0 Å². The predicted molar refractivity (Wildman–Crippen MR) is 187 cm³/mol. The third-order valence-corrected chi connectivity index (χ3v) is 11.4. The third-order valence-electron chi connectivity index (χ3n) is 7.15. The van der Waals surface area contributed by atoms with Gasteiger partial charge in [-0.15, -0.1) is 18.2 Å². The van der Waals surface area contributed by atoms with Gasteiger partial charge in [0.05, 0.1) is 12.4 Å². The summed E-state index contributed by atoms with van der Waals surface area (Å²) in [6.07, 6.45) is 3.00. The van der Waals surface area contributed by atoms with Crippen molar-refractivity contribution in [3.63, 3.8) is 0 Å². The Kier molecular flexibility index (Phi) is 5.76. The number of hydrogen-bond donors (Lipinski definition) is 0. The summed E-state index contributed by atoms with van der Waals surface area (Å²) in [5.41, 5.74) is 0.525. The van der Waals surface area contributed by atoms with E-state index in [0.29, 0.717) is 10.8 Å². The van der Waals surface area contributed by atoms with Crippen LogP contribution in [0.1, 0.15) is 35.9 Å². The van der Waals surface area contributed by atoms with Gasteiger partial charge in [-0.1, -0.05) is 64.9 Å². The molecule has 0 spiro atoms. The monoisotopic (exact) mass is 841 g/mol. The normalized spacial score (nSPS) is 16.5. The van der Waals surface area contributed by atoms with E-state index in [2.05, 4.69) is 51.5 Å². The van der Waals surface area contributed by atoms with Crippen LogP contribution in [0, 0.1) is 32.7 Å². The van der Waals surface area contributed by atoms with E-state index in [1.54, 1.807) is 6.07 Å². The molecule has 0 saturated heterocycles. The zero-order chi connectivity index (χ0) is 42.7. The zero-order valence-electron chi connectivity index (χ0n) is 38.6. The smallest absolute Gasteiger partial charge is 0 e. The molecule has 45 heavy (non-hydrogen) atoms. The van der Waals surface area contributed by atoms with Crippen molar-refractivity contribution in [3.05, 3.63) is 138 Å². The van der Waals surface area contributed by atoms with Crippen molar-refractivity contribution in [2.24, 2.45) is 0 Å². The number of nitrogens with zero attached hydrogens (tertiary/aromatic N) is 2. The molecule has 0 N–H and O–H groups in total. The second-order valence-electron chi connectivity index (χ2n) is 11.1. The molecule has 3 heterocycles. The van der Waals surface area contributed by atoms with Crippen LogP contribution in [0.4, 0.5) is 0 Å². The van der Waals surface area contributed by atoms with Crippen LogP contribution < -0.4 is 4.40 Å². The first-order valence-corrected chi connectivity index (χ1v) is 21.2. The van der Waals surface area contributed by atoms with Gasteiger partial charge in [-0.05, 0) is 48.5 Å². The molecule has 7 aromatic rings. The predicted octanol–water partition coefficient (Wildman–Crippen LogP) is 10.1. The minimum Gasteiger partial charge on any atom is 0 e. The van der Waals surface area contributed by atoms with Crippen molar-refractivity contribution in [2.75, 3.05) is 0 Å². The number of hydrogen-bond acceptors (Lipinski definition) is 3. The van der Waals surface area contributed by atoms with E-state index in [9.17, 15) is 0 Å². The van der Waals surface area contributed by atoms with Crippen LogP contribution in [0.5, 0.6) is 0 Å². The number of fused-ring (bicyclic) bond motifs is 3. The molecule has 4 aromatic carbocycles. The van der Waals surface area contributed by atoms with Crippen LogP contribution >= 0.6 is 0 Å². The topological polar surface area (TPSA) is 38.9 Å². The van der Waals surface area contributed by atoms with E-state index in [-0.39, 0.29) is 59.2 Å². The fourth-order valence-electron chi connectivity index (χ4n) is 4.73. The van der Waals surface area contributed by atoms with E-state index in [1.165, 1.54) is 22.6 Å². The van der Waals surface area contributed by atoms with Crippen LogP contribution in [0.25, 0.3) is 55.6 Å². The molecule has 0 aliphatic rings. The summed E-state index contributed by atoms with van der Waals surface area (Å²) >= 11 is -1.72. The summed E-state index contributed by atoms with van der Waals surface area (Å²) in [4.78, 5) is 8.71. The Morgan fingerprint density at radius 3 is 2.24 bits per heavy atom. The first-order valence-electron chi connectivity index (χ1n) is 20.8. The van der Waals surface area contributed by atoms with Crippen LogP contribution in [0.15, 0.2) is 114 Å². The van der Waals surface area contributed by atoms with Gasteiger partial charge in [-0.2, -0.15) is 0 Å². The SMILES string of the molecule is [2H]c1c([2H])c([2H])c(-c2ccc3c(oc4c(-c5cc(C([2H])([2H])[2H])c(C([2H])([2H])[2H])cn5)[c-]ccc43)c2C([2H])([2H])[2H])c([2H])c1[2H].[CH3][Ge]([CH3])([CH3])[c]1ccc(-c2[c-]cccc2)nc1.[Ir]. The van der Waals surface area contributed by atoms with Crippen LogP contribution in [-0.4, -0.2) is 23.2 Å². The Labute approximate surface area is 302 Å². The largest absolute Gasteiger partial charge is 0 e. The molecule has 0 unspecified atom stereocenters. The molecular weight excluding hydrogens is 789 g/mol. The standard InChI is InChI=1S/C26H20NO.C14H16GeN.Ir/c1-16-14-24(27-15-17(16)2)23-11-7-10-21-22-13-12-20(19-8-5-4-6-9-19)18(3)25(22)28-26(21)23;1-15(2,3)13-9-10-14(16-11-13)12-7-5-4-6-8-12;/h4-10,12-15H,1-3H3;4-7,9-11H,1-3H3;/q2*-1;/i1D3,2D3,3D3,4D,5D,6D,8D,9D;;. The number of aryl methyl sites for hydroxylation is 3. The maximum absolute atomic E-state index is 8.38. The Bertz CT molecular complexity index is 2640. The zero-order valence-corrected chi connectivity index (χ0v) is 29.1. The molecule has 0 aliphatic carbocycles. The van der Waals surface area contributed by atoms with E-state index in [1.807, 2.05) is 30.5 Å². The molecule has 0 fully saturated rings. The summed E-state index contributed by atoms with van der Waals surface area (Å²) in [6.45, 7) is -8.38. The number of rotatable bonds is 4. The van der Waals surface area contributed by atoms with Crippen LogP contribution in [0.3, 0.4) is 0 Å². The number of pyridine rings is 2. The Morgan fingerprint density at radius 1 is 0.756 bits per heavy atom. The van der Waals surface area contributed by atoms with Gasteiger partial charge in [-0.3, -0.25) is 0 Å². The van der Waals surface area contributed by atoms with Gasteiger partial charge in [0, 0.05) is 44.0 Å². The summed E-state index contributed by atoms with van der Waals surface area (Å²) in [5.74, 6) is 7.14. The summed E-state index contributed by atoms with van der Waals surface area (Å²) < 4.78 is 120. The summed E-state index contributed by atoms with van der Waals surface area (Å²) in [7, 11) is 0. The molecule has 0 amide bonds. The fourth-order valence-corrected chi connectivity index (χ4v) is 6.90. The average molecular weight is 840 g/mol. The fraction of sp³-hybridized carbons (Fsp3) is 0.150. The maximum atomic E-state index is 8.38. The Balaban J connectivity index is 0.000000326. The average Bonchev–Trinajstić information content (AvgIpc) is 3.54. The van der Waals surface area contributed by atoms with Crippen LogP contribution in [-0.2, 0) is 20.1 Å². The van der Waals surface area contributed by atoms with Gasteiger partial charge in [0.15, 0.2) is 0 Å². The van der Waals surface area contributed by atoms with Gasteiger partial charge in [-0.25, -0.2) is 0 Å². The second-order valence-corrected chi connectivity index (χ2v) is 21.8. The summed E-state index contributed by atoms with van der Waals surface area (Å²) in [6, 6.07) is 22.5. The minimum absolute atomic E-state index is 0. The van der Waals surface area contributed by atoms with Crippen molar-refractivity contribution in [3.8, 4) is 33.6 Å². The van der Waals surface area contributed by atoms with Crippen molar-refractivity contribution < 1.29 is 43.7 Å². The number of benzene rings is 4. The second kappa shape index (κ2) is 13.7. The van der Waals surface area contributed by atoms with Crippen molar-refractivity contribution in [1.29, 1.82) is 0 Å². The third kappa shape index (κ3) is 6.89. The molecular formula is C40H36GeIrN2O-2. The van der Waals surface area contributed by atoms with Gasteiger partial charge in [0.2, 0.25) is 0 Å². The first kappa shape index (κ1) is 19.0.